The molecule has 0 radical (unpaired) electrons. The molecular weight excluding hydrogens is 305 g/mol. The van der Waals surface area contributed by atoms with Crippen LogP contribution in [0.1, 0.15) is 15.2 Å². The van der Waals surface area contributed by atoms with Crippen LogP contribution in [-0.4, -0.2) is 21.1 Å². The van der Waals surface area contributed by atoms with Crippen LogP contribution < -0.4 is 5.32 Å². The van der Waals surface area contributed by atoms with Crippen molar-refractivity contribution in [3.63, 3.8) is 0 Å². The summed E-state index contributed by atoms with van der Waals surface area (Å²) in [6, 6.07) is 4.79. The highest BCUT2D eigenvalue weighted by Gasteiger charge is 2.30. The molecule has 0 aliphatic carbocycles. The Morgan fingerprint density at radius 1 is 1.29 bits per heavy atom. The summed E-state index contributed by atoms with van der Waals surface area (Å²) in [6.07, 6.45) is -3.17. The highest BCUT2D eigenvalue weighted by atomic mass is 32.1. The first kappa shape index (κ1) is 13.6. The molecule has 1 aromatic carbocycles. The van der Waals surface area contributed by atoms with Gasteiger partial charge in [-0.2, -0.15) is 23.3 Å². The summed E-state index contributed by atoms with van der Waals surface area (Å²) < 4.78 is 38.5. The maximum atomic E-state index is 12.6. The number of benzene rings is 1. The second-order valence-electron chi connectivity index (χ2n) is 4.15. The zero-order valence-corrected chi connectivity index (χ0v) is 11.0. The lowest BCUT2D eigenvalue weighted by atomic mass is 10.1. The van der Waals surface area contributed by atoms with Crippen molar-refractivity contribution in [3.8, 4) is 0 Å². The van der Waals surface area contributed by atoms with Gasteiger partial charge in [-0.05, 0) is 29.7 Å². The molecule has 3 rings (SSSR count). The molecule has 0 saturated heterocycles. The molecule has 2 heterocycles. The third-order valence-electron chi connectivity index (χ3n) is 2.71. The van der Waals surface area contributed by atoms with Gasteiger partial charge in [0, 0.05) is 4.70 Å². The summed E-state index contributed by atoms with van der Waals surface area (Å²) in [5.41, 5.74) is -0.741. The maximum Gasteiger partial charge on any atom is 0.416 e. The Morgan fingerprint density at radius 2 is 2.10 bits per heavy atom. The molecule has 5 nitrogen and oxygen atoms in total. The number of aromatic nitrogens is 3. The van der Waals surface area contributed by atoms with Gasteiger partial charge in [-0.1, -0.05) is 0 Å². The second kappa shape index (κ2) is 4.85. The van der Waals surface area contributed by atoms with Crippen LogP contribution in [0.3, 0.4) is 0 Å². The van der Waals surface area contributed by atoms with Crippen LogP contribution >= 0.6 is 11.3 Å². The number of alkyl halides is 3. The molecule has 0 fully saturated rings. The molecule has 0 bridgehead atoms. The lowest BCUT2D eigenvalue weighted by Gasteiger charge is -2.05. The van der Waals surface area contributed by atoms with Crippen LogP contribution in [0.2, 0.25) is 0 Å². The average molecular weight is 312 g/mol. The number of amides is 1. The van der Waals surface area contributed by atoms with Gasteiger partial charge < -0.3 is 0 Å². The summed E-state index contributed by atoms with van der Waals surface area (Å²) in [6.45, 7) is 0. The average Bonchev–Trinajstić information content (AvgIpc) is 3.04. The van der Waals surface area contributed by atoms with Crippen molar-refractivity contribution in [2.75, 3.05) is 5.32 Å². The van der Waals surface area contributed by atoms with E-state index in [0.717, 1.165) is 23.5 Å². The summed E-state index contributed by atoms with van der Waals surface area (Å²) in [5, 5.41) is 8.88. The summed E-state index contributed by atoms with van der Waals surface area (Å²) >= 11 is 1.11. The zero-order valence-electron chi connectivity index (χ0n) is 10.2. The fourth-order valence-corrected chi connectivity index (χ4v) is 2.70. The van der Waals surface area contributed by atoms with E-state index in [1.807, 2.05) is 0 Å². The van der Waals surface area contributed by atoms with Crippen molar-refractivity contribution >= 4 is 33.3 Å². The molecular formula is C12H7F3N4OS. The van der Waals surface area contributed by atoms with Crippen LogP contribution in [0.15, 0.2) is 30.6 Å². The molecule has 108 valence electrons. The van der Waals surface area contributed by atoms with E-state index in [2.05, 4.69) is 20.5 Å². The highest BCUT2D eigenvalue weighted by molar-refractivity contribution is 7.20. The zero-order chi connectivity index (χ0) is 15.0. The van der Waals surface area contributed by atoms with E-state index in [1.54, 1.807) is 0 Å². The minimum atomic E-state index is -4.40. The lowest BCUT2D eigenvalue weighted by Crippen LogP contribution is -2.11. The van der Waals surface area contributed by atoms with Crippen molar-refractivity contribution in [1.82, 2.24) is 15.2 Å². The topological polar surface area (TPSA) is 70.7 Å². The van der Waals surface area contributed by atoms with Crippen molar-refractivity contribution in [3.05, 3.63) is 41.0 Å². The van der Waals surface area contributed by atoms with Crippen molar-refractivity contribution in [2.24, 2.45) is 0 Å². The van der Waals surface area contributed by atoms with E-state index >= 15 is 0 Å². The summed E-state index contributed by atoms with van der Waals surface area (Å²) in [5.74, 6) is -0.282. The highest BCUT2D eigenvalue weighted by Crippen LogP contribution is 2.34. The third-order valence-corrected chi connectivity index (χ3v) is 3.83. The van der Waals surface area contributed by atoms with Crippen LogP contribution in [0.4, 0.5) is 19.1 Å². The van der Waals surface area contributed by atoms with E-state index in [-0.39, 0.29) is 5.95 Å². The van der Waals surface area contributed by atoms with Crippen LogP contribution in [0, 0.1) is 0 Å². The minimum absolute atomic E-state index is 0.174. The van der Waals surface area contributed by atoms with Gasteiger partial charge in [-0.15, -0.1) is 11.3 Å². The predicted octanol–water partition coefficient (Wildman–Crippen LogP) is 3.29. The van der Waals surface area contributed by atoms with E-state index < -0.39 is 17.6 Å². The van der Waals surface area contributed by atoms with Gasteiger partial charge in [0.25, 0.3) is 5.91 Å². The molecule has 0 atom stereocenters. The summed E-state index contributed by atoms with van der Waals surface area (Å²) in [7, 11) is 0. The fraction of sp³-hybridized carbons (Fsp3) is 0.0833. The molecule has 0 aliphatic rings. The van der Waals surface area contributed by atoms with Crippen molar-refractivity contribution < 1.29 is 18.0 Å². The van der Waals surface area contributed by atoms with E-state index in [1.165, 1.54) is 18.5 Å². The fourth-order valence-electron chi connectivity index (χ4n) is 1.77. The molecule has 3 aromatic rings. The van der Waals surface area contributed by atoms with Gasteiger partial charge in [-0.25, -0.2) is 5.10 Å². The second-order valence-corrected chi connectivity index (χ2v) is 5.23. The maximum absolute atomic E-state index is 12.6. The molecule has 21 heavy (non-hydrogen) atoms. The number of hydrogen-bond acceptors (Lipinski definition) is 4. The monoisotopic (exact) mass is 312 g/mol. The number of anilines is 1. The normalized spacial score (nSPS) is 11.8. The molecule has 2 N–H and O–H groups in total. The Morgan fingerprint density at radius 3 is 2.76 bits per heavy atom. The molecule has 0 unspecified atom stereocenters. The van der Waals surface area contributed by atoms with Crippen LogP contribution in [0.5, 0.6) is 0 Å². The number of carbonyl (C=O) groups excluding carboxylic acids is 1. The Balaban J connectivity index is 1.92. The lowest BCUT2D eigenvalue weighted by molar-refractivity contribution is -0.137. The summed E-state index contributed by atoms with van der Waals surface area (Å²) in [4.78, 5) is 16.0. The smallest absolute Gasteiger partial charge is 0.290 e. The van der Waals surface area contributed by atoms with Gasteiger partial charge in [0.1, 0.15) is 6.33 Å². The molecule has 9 heteroatoms. The first-order chi connectivity index (χ1) is 9.93. The molecule has 0 saturated carbocycles. The van der Waals surface area contributed by atoms with Gasteiger partial charge in [-0.3, -0.25) is 10.1 Å². The quantitative estimate of drug-likeness (QED) is 0.763. The third kappa shape index (κ3) is 2.72. The molecule has 1 amide bonds. The van der Waals surface area contributed by atoms with E-state index in [0.29, 0.717) is 15.0 Å². The van der Waals surface area contributed by atoms with Gasteiger partial charge in [0.15, 0.2) is 0 Å². The predicted molar refractivity (Wildman–Crippen MR) is 71.2 cm³/mol. The van der Waals surface area contributed by atoms with Crippen LogP contribution in [-0.2, 0) is 6.18 Å². The Bertz CT molecular complexity index is 795. The Labute approximate surface area is 119 Å². The number of H-pyrrole nitrogens is 1. The largest absolute Gasteiger partial charge is 0.416 e. The van der Waals surface area contributed by atoms with E-state index in [4.69, 9.17) is 0 Å². The number of rotatable bonds is 2. The number of halogens is 3. The number of aromatic amines is 1. The SMILES string of the molecule is O=C(Nc1ncn[nH]1)c1cc2cc(C(F)(F)F)ccc2s1. The van der Waals surface area contributed by atoms with Gasteiger partial charge in [0.05, 0.1) is 10.4 Å². The number of nitrogens with one attached hydrogen (secondary N) is 2. The number of hydrogen-bond donors (Lipinski definition) is 2. The number of nitrogens with zero attached hydrogens (tertiary/aromatic N) is 2. The minimum Gasteiger partial charge on any atom is -0.290 e. The molecule has 0 aliphatic heterocycles. The van der Waals surface area contributed by atoms with E-state index in [9.17, 15) is 18.0 Å². The van der Waals surface area contributed by atoms with Crippen LogP contribution in [0.25, 0.3) is 10.1 Å². The van der Waals surface area contributed by atoms with Gasteiger partial charge >= 0.3 is 6.18 Å². The molecule has 0 spiro atoms. The Kier molecular flexibility index (Phi) is 3.13. The molecule has 2 aromatic heterocycles. The number of carbonyl (C=O) groups is 1. The number of thiophene rings is 1. The number of fused-ring (bicyclic) bond motifs is 1. The van der Waals surface area contributed by atoms with Crippen molar-refractivity contribution in [2.45, 2.75) is 6.18 Å². The Hall–Kier alpha value is -2.42. The van der Waals surface area contributed by atoms with Gasteiger partial charge in [0.2, 0.25) is 5.95 Å². The first-order valence-corrected chi connectivity index (χ1v) is 6.52. The first-order valence-electron chi connectivity index (χ1n) is 5.71. The standard InChI is InChI=1S/C12H7F3N4OS/c13-12(14,15)7-1-2-8-6(3-7)4-9(21-8)10(20)18-11-16-5-17-19-11/h1-5H,(H2,16,17,18,19,20). The van der Waals surface area contributed by atoms with Crippen molar-refractivity contribution in [1.29, 1.82) is 0 Å².